The second kappa shape index (κ2) is 22.9. The van der Waals surface area contributed by atoms with E-state index in [-0.39, 0.29) is 62.0 Å². The Hall–Kier alpha value is -6.59. The number of benzene rings is 3. The first-order valence-electron chi connectivity index (χ1n) is 25.2. The van der Waals surface area contributed by atoms with Crippen LogP contribution in [0, 0.1) is 19.3 Å². The lowest BCUT2D eigenvalue weighted by Crippen LogP contribution is -2.57. The highest BCUT2D eigenvalue weighted by atomic mass is 32.1. The van der Waals surface area contributed by atoms with E-state index in [1.165, 1.54) is 10.5 Å². The van der Waals surface area contributed by atoms with Gasteiger partial charge in [-0.15, -0.1) is 11.3 Å². The largest absolute Gasteiger partial charge is 0.496 e. The lowest BCUT2D eigenvalue weighted by atomic mass is 9.85. The predicted octanol–water partition coefficient (Wildman–Crippen LogP) is 6.92. The maximum absolute atomic E-state index is 14.1. The average Bonchev–Trinajstić information content (AvgIpc) is 4.22. The summed E-state index contributed by atoms with van der Waals surface area (Å²) >= 11 is 1.57. The molecule has 4 atom stereocenters. The Bertz CT molecular complexity index is 2760. The van der Waals surface area contributed by atoms with Crippen LogP contribution >= 0.6 is 11.3 Å². The number of methoxy groups -OCH3 is 1. The van der Waals surface area contributed by atoms with E-state index in [9.17, 15) is 29.1 Å². The lowest BCUT2D eigenvalue weighted by molar-refractivity contribution is -0.144. The van der Waals surface area contributed by atoms with Crippen molar-refractivity contribution in [3.8, 4) is 33.2 Å². The lowest BCUT2D eigenvalue weighted by Gasteiger charge is -2.35. The number of aliphatic hydroxyl groups is 1. The van der Waals surface area contributed by atoms with Crippen molar-refractivity contribution >= 4 is 40.9 Å². The van der Waals surface area contributed by atoms with Crippen molar-refractivity contribution in [1.29, 1.82) is 0 Å². The van der Waals surface area contributed by atoms with Gasteiger partial charge in [0.25, 0.3) is 5.91 Å². The normalized spacial score (nSPS) is 17.5. The first-order valence-corrected chi connectivity index (χ1v) is 26.1. The van der Waals surface area contributed by atoms with Crippen LogP contribution in [0.25, 0.3) is 21.7 Å². The number of imidazole rings is 1. The summed E-state index contributed by atoms with van der Waals surface area (Å²) in [7, 11) is 1.56. The van der Waals surface area contributed by atoms with Gasteiger partial charge in [0.05, 0.1) is 47.6 Å². The molecule has 3 aliphatic rings. The third-order valence-corrected chi connectivity index (χ3v) is 14.9. The first-order chi connectivity index (χ1) is 34.6. The summed E-state index contributed by atoms with van der Waals surface area (Å²) in [5.41, 5.74) is 9.58. The zero-order valence-electron chi connectivity index (χ0n) is 42.3. The van der Waals surface area contributed by atoms with E-state index >= 15 is 0 Å². The molecule has 3 aromatic carbocycles. The highest BCUT2D eigenvalue weighted by molar-refractivity contribution is 7.13. The summed E-state index contributed by atoms with van der Waals surface area (Å²) in [4.78, 5) is 78.9. The van der Waals surface area contributed by atoms with Crippen LogP contribution in [0.4, 0.5) is 0 Å². The molecule has 0 spiro atoms. The molecule has 5 N–H and O–H groups in total. The summed E-state index contributed by atoms with van der Waals surface area (Å²) < 4.78 is 14.0. The van der Waals surface area contributed by atoms with Gasteiger partial charge < -0.3 is 45.3 Å². The molecule has 1 saturated heterocycles. The number of carbonyl (C=O) groups is 5. The van der Waals surface area contributed by atoms with Crippen LogP contribution in [-0.2, 0) is 45.1 Å². The van der Waals surface area contributed by atoms with Gasteiger partial charge in [-0.2, -0.15) is 0 Å². The number of rotatable bonds is 20. The van der Waals surface area contributed by atoms with Gasteiger partial charge in [-0.1, -0.05) is 57.2 Å². The quantitative estimate of drug-likeness (QED) is 0.0509. The van der Waals surface area contributed by atoms with Gasteiger partial charge in [0, 0.05) is 74.7 Å². The van der Waals surface area contributed by atoms with Crippen molar-refractivity contribution in [3.05, 3.63) is 106 Å². The minimum atomic E-state index is -0.943. The summed E-state index contributed by atoms with van der Waals surface area (Å²) in [6.07, 6.45) is 6.90. The number of carbonyl (C=O) groups excluding carboxylic acids is 5. The Morgan fingerprint density at radius 3 is 2.39 bits per heavy atom. The van der Waals surface area contributed by atoms with Crippen LogP contribution in [-0.4, -0.2) is 99.1 Å². The van der Waals surface area contributed by atoms with Gasteiger partial charge in [-0.05, 0) is 98.2 Å². The number of hydrogen-bond donors (Lipinski definition) is 5. The molecule has 0 radical (unpaired) electrons. The SMILES string of the molecule is COc1cc(C(=O)N[C@@H]2CCc3ccc(-c4cn5c(n4)CCC5)cc32)cc(OCCCNC(=O)CCCCC(=O)N[C@H](C(=O)N2C[C@H](O)C[C@H]2C(=O)NCc2ccc(-c3scnc3C)cc2)C(C)(C)C)c1C. The van der Waals surface area contributed by atoms with E-state index < -0.39 is 29.5 Å². The highest BCUT2D eigenvalue weighted by Gasteiger charge is 2.44. The summed E-state index contributed by atoms with van der Waals surface area (Å²) in [6.45, 7) is 11.3. The number of thiazole rings is 1. The number of aryl methyl sites for hydroxylation is 4. The van der Waals surface area contributed by atoms with Gasteiger partial charge in [0.2, 0.25) is 23.6 Å². The van der Waals surface area contributed by atoms with Crippen LogP contribution in [0.15, 0.2) is 66.3 Å². The van der Waals surface area contributed by atoms with Gasteiger partial charge in [0.1, 0.15) is 29.4 Å². The van der Waals surface area contributed by atoms with Gasteiger partial charge in [0.15, 0.2) is 0 Å². The smallest absolute Gasteiger partial charge is 0.252 e. The van der Waals surface area contributed by atoms with Gasteiger partial charge >= 0.3 is 0 Å². The molecule has 16 nitrogen and oxygen atoms in total. The molecule has 4 heterocycles. The number of hydrogen-bond acceptors (Lipinski definition) is 11. The molecule has 17 heteroatoms. The minimum Gasteiger partial charge on any atom is -0.496 e. The molecule has 1 fully saturated rings. The zero-order chi connectivity index (χ0) is 51.1. The Kier molecular flexibility index (Phi) is 16.4. The van der Waals surface area contributed by atoms with Crippen molar-refractivity contribution < 1.29 is 38.6 Å². The number of nitrogens with one attached hydrogen (secondary N) is 4. The molecule has 0 saturated carbocycles. The number of β-amino-alcohol motifs (C(OH)–C–C–N with tert-alkyl or cyclic N) is 1. The highest BCUT2D eigenvalue weighted by Crippen LogP contribution is 2.36. The zero-order valence-corrected chi connectivity index (χ0v) is 43.1. The molecule has 5 aromatic rings. The summed E-state index contributed by atoms with van der Waals surface area (Å²) in [5.74, 6) is 0.692. The molecule has 72 heavy (non-hydrogen) atoms. The predicted molar refractivity (Wildman–Crippen MR) is 275 cm³/mol. The molecule has 8 rings (SSSR count). The molecule has 2 aromatic heterocycles. The van der Waals surface area contributed by atoms with E-state index in [1.54, 1.807) is 30.6 Å². The van der Waals surface area contributed by atoms with Crippen molar-refractivity contribution in [2.75, 3.05) is 26.8 Å². The fraction of sp³-hybridized carbons (Fsp3) is 0.473. The molecule has 0 unspecified atom stereocenters. The fourth-order valence-electron chi connectivity index (χ4n) is 9.86. The number of aliphatic hydroxyl groups excluding tert-OH is 1. The second-order valence-corrected chi connectivity index (χ2v) is 21.2. The fourth-order valence-corrected chi connectivity index (χ4v) is 10.7. The van der Waals surface area contributed by atoms with Crippen LogP contribution in [0.1, 0.15) is 122 Å². The van der Waals surface area contributed by atoms with Crippen molar-refractivity contribution in [1.82, 2.24) is 40.7 Å². The first kappa shape index (κ1) is 51.8. The standard InChI is InChI=1S/C55H68N8O8S/c1-33-45(70-6)26-39(52(67)60-42-21-20-36-18-19-38(25-41(36)42)43-31-62-23-9-11-47(62)59-43)27-46(33)71-24-10-22-56-48(65)12-7-8-13-49(66)61-51(55(3,4)5)54(69)63-30-40(64)28-44(63)53(68)57-29-35-14-16-37(17-15-35)50-34(2)58-32-72-50/h14-19,25-27,31-32,40,42,44,51,64H,7-13,20-24,28-30H2,1-6H3,(H,56,65)(H,57,68)(H,60,67)(H,61,66)/t40-,42-,44+,51-/m1/s1. The van der Waals surface area contributed by atoms with Crippen LogP contribution in [0.3, 0.4) is 0 Å². The third kappa shape index (κ3) is 12.4. The Morgan fingerprint density at radius 1 is 0.917 bits per heavy atom. The van der Waals surface area contributed by atoms with Gasteiger partial charge in [-0.25, -0.2) is 9.97 Å². The summed E-state index contributed by atoms with van der Waals surface area (Å²) in [5, 5.41) is 22.6. The molecule has 382 valence electrons. The number of aromatic nitrogens is 3. The molecule has 1 aliphatic carbocycles. The number of nitrogens with zero attached hydrogens (tertiary/aromatic N) is 4. The van der Waals surface area contributed by atoms with Crippen LogP contribution in [0.2, 0.25) is 0 Å². The number of likely N-dealkylation sites (tertiary alicyclic amines) is 1. The molecule has 2 aliphatic heterocycles. The van der Waals surface area contributed by atoms with Crippen LogP contribution < -0.4 is 30.7 Å². The Labute approximate surface area is 425 Å². The summed E-state index contributed by atoms with van der Waals surface area (Å²) in [6, 6.07) is 15.8. The number of amides is 5. The third-order valence-electron chi connectivity index (χ3n) is 13.9. The monoisotopic (exact) mass is 1000 g/mol. The molecular formula is C55H68N8O8S. The Balaban J connectivity index is 0.748. The molecular weight excluding hydrogens is 933 g/mol. The average molecular weight is 1000 g/mol. The van der Waals surface area contributed by atoms with Crippen molar-refractivity contribution in [3.63, 3.8) is 0 Å². The maximum atomic E-state index is 14.1. The van der Waals surface area contributed by atoms with E-state index in [2.05, 4.69) is 55.2 Å². The maximum Gasteiger partial charge on any atom is 0.252 e. The second-order valence-electron chi connectivity index (χ2n) is 20.3. The van der Waals surface area contributed by atoms with Crippen LogP contribution in [0.5, 0.6) is 11.5 Å². The van der Waals surface area contributed by atoms with Crippen molar-refractivity contribution in [2.24, 2.45) is 5.41 Å². The number of ether oxygens (including phenoxy) is 2. The topological polar surface area (TPSA) is 206 Å². The van der Waals surface area contributed by atoms with Gasteiger partial charge in [-0.3, -0.25) is 24.0 Å². The van der Waals surface area contributed by atoms with E-state index in [4.69, 9.17) is 14.5 Å². The number of unbranched alkanes of at least 4 members (excludes halogenated alkanes) is 1. The minimum absolute atomic E-state index is 0.0169. The number of fused-ring (bicyclic) bond motifs is 2. The van der Waals surface area contributed by atoms with Crippen molar-refractivity contribution in [2.45, 2.75) is 136 Å². The Morgan fingerprint density at radius 2 is 1.67 bits per heavy atom. The molecule has 5 amide bonds. The molecule has 0 bridgehead atoms. The van der Waals surface area contributed by atoms with E-state index in [0.717, 1.165) is 82.1 Å². The van der Waals surface area contributed by atoms with E-state index in [0.29, 0.717) is 49.5 Å². The van der Waals surface area contributed by atoms with E-state index in [1.807, 2.05) is 64.4 Å².